The number of hydrogen-bond donors (Lipinski definition) is 2. The van der Waals surface area contributed by atoms with Gasteiger partial charge in [-0.3, -0.25) is 9.59 Å². The molecule has 0 unspecified atom stereocenters. The predicted molar refractivity (Wildman–Crippen MR) is 96.1 cm³/mol. The first-order valence-corrected chi connectivity index (χ1v) is 7.49. The summed E-state index contributed by atoms with van der Waals surface area (Å²) in [7, 11) is 1.59. The van der Waals surface area contributed by atoms with Gasteiger partial charge in [0.1, 0.15) is 5.75 Å². The molecular weight excluding hydrogens is 304 g/mol. The van der Waals surface area contributed by atoms with E-state index in [1.165, 1.54) is 13.0 Å². The lowest BCUT2D eigenvalue weighted by molar-refractivity contribution is -0.114. The molecule has 124 valence electrons. The molecule has 2 N–H and O–H groups in total. The summed E-state index contributed by atoms with van der Waals surface area (Å²) in [5.74, 6) is 0.250. The van der Waals surface area contributed by atoms with Gasteiger partial charge in [0, 0.05) is 13.0 Å². The van der Waals surface area contributed by atoms with Gasteiger partial charge in [0.15, 0.2) is 0 Å². The highest BCUT2D eigenvalue weighted by Gasteiger charge is 2.06. The fourth-order valence-corrected chi connectivity index (χ4v) is 2.15. The number of methoxy groups -OCH3 is 1. The zero-order valence-corrected chi connectivity index (χ0v) is 13.9. The largest absolute Gasteiger partial charge is 0.497 e. The Bertz CT molecular complexity index is 782. The van der Waals surface area contributed by atoms with Gasteiger partial charge in [-0.05, 0) is 48.4 Å². The van der Waals surface area contributed by atoms with Crippen molar-refractivity contribution < 1.29 is 14.3 Å². The third-order valence-corrected chi connectivity index (χ3v) is 3.26. The Morgan fingerprint density at radius 3 is 2.54 bits per heavy atom. The van der Waals surface area contributed by atoms with E-state index in [9.17, 15) is 9.59 Å². The van der Waals surface area contributed by atoms with E-state index in [1.54, 1.807) is 19.3 Å². The maximum atomic E-state index is 12.1. The minimum Gasteiger partial charge on any atom is -0.497 e. The Labute approximate surface area is 141 Å². The van der Waals surface area contributed by atoms with Crippen LogP contribution in [0.25, 0.3) is 6.08 Å². The fraction of sp³-hybridized carbons (Fsp3) is 0.158. The standard InChI is InChI=1S/C19H20N2O3/c1-13-7-9-17(20-14(2)22)18(11-13)21-19(23)10-8-15-5-4-6-16(12-15)24-3/h4-12H,1-3H3,(H,20,22)(H,21,23)/b10-8-. The van der Waals surface area contributed by atoms with Gasteiger partial charge in [-0.1, -0.05) is 18.2 Å². The summed E-state index contributed by atoms with van der Waals surface area (Å²) in [5.41, 5.74) is 2.97. The van der Waals surface area contributed by atoms with Crippen molar-refractivity contribution >= 4 is 29.3 Å². The van der Waals surface area contributed by atoms with Crippen molar-refractivity contribution in [2.24, 2.45) is 0 Å². The van der Waals surface area contributed by atoms with Gasteiger partial charge in [-0.25, -0.2) is 0 Å². The third-order valence-electron chi connectivity index (χ3n) is 3.26. The first-order valence-electron chi connectivity index (χ1n) is 7.49. The van der Waals surface area contributed by atoms with Crippen molar-refractivity contribution in [2.45, 2.75) is 13.8 Å². The molecular formula is C19H20N2O3. The van der Waals surface area contributed by atoms with Gasteiger partial charge in [-0.2, -0.15) is 0 Å². The zero-order chi connectivity index (χ0) is 17.5. The number of benzene rings is 2. The number of anilines is 2. The molecule has 0 aliphatic rings. The van der Waals surface area contributed by atoms with Crippen molar-refractivity contribution in [2.75, 3.05) is 17.7 Å². The van der Waals surface area contributed by atoms with Gasteiger partial charge in [0.05, 0.1) is 18.5 Å². The van der Waals surface area contributed by atoms with Gasteiger partial charge < -0.3 is 15.4 Å². The van der Waals surface area contributed by atoms with Crippen LogP contribution in [0.1, 0.15) is 18.1 Å². The third kappa shape index (κ3) is 4.98. The molecule has 0 spiro atoms. The van der Waals surface area contributed by atoms with Crippen LogP contribution in [0.15, 0.2) is 48.5 Å². The Morgan fingerprint density at radius 1 is 1.04 bits per heavy atom. The molecule has 0 aromatic heterocycles. The molecule has 2 aromatic carbocycles. The Kier molecular flexibility index (Phi) is 5.73. The average Bonchev–Trinajstić information content (AvgIpc) is 2.55. The molecule has 2 rings (SSSR count). The summed E-state index contributed by atoms with van der Waals surface area (Å²) in [6, 6.07) is 12.8. The van der Waals surface area contributed by atoms with Crippen LogP contribution in [0.3, 0.4) is 0 Å². The van der Waals surface area contributed by atoms with Crippen LogP contribution in [-0.2, 0) is 9.59 Å². The zero-order valence-electron chi connectivity index (χ0n) is 13.9. The summed E-state index contributed by atoms with van der Waals surface area (Å²) in [4.78, 5) is 23.4. The number of carbonyl (C=O) groups excluding carboxylic acids is 2. The van der Waals surface area contributed by atoms with Crippen molar-refractivity contribution in [3.05, 3.63) is 59.7 Å². The van der Waals surface area contributed by atoms with E-state index in [4.69, 9.17) is 4.74 Å². The molecule has 0 atom stereocenters. The van der Waals surface area contributed by atoms with Gasteiger partial charge in [0.25, 0.3) is 0 Å². The second-order valence-electron chi connectivity index (χ2n) is 5.33. The van der Waals surface area contributed by atoms with E-state index in [2.05, 4.69) is 10.6 Å². The summed E-state index contributed by atoms with van der Waals surface area (Å²) in [6.45, 7) is 3.34. The molecule has 2 aromatic rings. The van der Waals surface area contributed by atoms with E-state index >= 15 is 0 Å². The second kappa shape index (κ2) is 7.97. The first kappa shape index (κ1) is 17.3. The van der Waals surface area contributed by atoms with E-state index < -0.39 is 0 Å². The molecule has 0 radical (unpaired) electrons. The van der Waals surface area contributed by atoms with Crippen LogP contribution >= 0.6 is 0 Å². The van der Waals surface area contributed by atoms with Crippen LogP contribution in [0.4, 0.5) is 11.4 Å². The average molecular weight is 324 g/mol. The maximum absolute atomic E-state index is 12.1. The highest BCUT2D eigenvalue weighted by Crippen LogP contribution is 2.23. The number of amides is 2. The van der Waals surface area contributed by atoms with E-state index in [1.807, 2.05) is 43.3 Å². The number of carbonyl (C=O) groups is 2. The maximum Gasteiger partial charge on any atom is 0.248 e. The van der Waals surface area contributed by atoms with E-state index in [0.717, 1.165) is 16.9 Å². The minimum absolute atomic E-state index is 0.193. The SMILES string of the molecule is COc1cccc(/C=C\C(=O)Nc2cc(C)ccc2NC(C)=O)c1. The Morgan fingerprint density at radius 2 is 1.83 bits per heavy atom. The smallest absolute Gasteiger partial charge is 0.248 e. The minimum atomic E-state index is -0.282. The number of aryl methyl sites for hydroxylation is 1. The van der Waals surface area contributed by atoms with Crippen molar-refractivity contribution in [1.29, 1.82) is 0 Å². The molecule has 0 fully saturated rings. The van der Waals surface area contributed by atoms with Gasteiger partial charge in [0.2, 0.25) is 11.8 Å². The molecule has 0 bridgehead atoms. The molecule has 5 nitrogen and oxygen atoms in total. The Hall–Kier alpha value is -3.08. The number of rotatable bonds is 5. The lowest BCUT2D eigenvalue weighted by Crippen LogP contribution is -2.13. The normalized spacial score (nSPS) is 10.5. The fourth-order valence-electron chi connectivity index (χ4n) is 2.15. The second-order valence-corrected chi connectivity index (χ2v) is 5.33. The lowest BCUT2D eigenvalue weighted by Gasteiger charge is -2.11. The lowest BCUT2D eigenvalue weighted by atomic mass is 10.1. The van der Waals surface area contributed by atoms with Crippen LogP contribution in [0.2, 0.25) is 0 Å². The van der Waals surface area contributed by atoms with Gasteiger partial charge >= 0.3 is 0 Å². The molecule has 5 heteroatoms. The molecule has 2 amide bonds. The van der Waals surface area contributed by atoms with Crippen LogP contribution in [-0.4, -0.2) is 18.9 Å². The molecule has 0 heterocycles. The number of nitrogens with one attached hydrogen (secondary N) is 2. The number of ether oxygens (including phenoxy) is 1. The first-order chi connectivity index (χ1) is 11.5. The molecule has 0 saturated heterocycles. The highest BCUT2D eigenvalue weighted by molar-refractivity contribution is 6.05. The number of hydrogen-bond acceptors (Lipinski definition) is 3. The molecule has 24 heavy (non-hydrogen) atoms. The Balaban J connectivity index is 2.12. The van der Waals surface area contributed by atoms with Crippen molar-refractivity contribution in [1.82, 2.24) is 0 Å². The topological polar surface area (TPSA) is 67.4 Å². The monoisotopic (exact) mass is 324 g/mol. The van der Waals surface area contributed by atoms with Crippen LogP contribution < -0.4 is 15.4 Å². The van der Waals surface area contributed by atoms with Crippen molar-refractivity contribution in [3.8, 4) is 5.75 Å². The van der Waals surface area contributed by atoms with Gasteiger partial charge in [-0.15, -0.1) is 0 Å². The highest BCUT2D eigenvalue weighted by atomic mass is 16.5. The van der Waals surface area contributed by atoms with Crippen LogP contribution in [0, 0.1) is 6.92 Å². The van der Waals surface area contributed by atoms with E-state index in [-0.39, 0.29) is 11.8 Å². The molecule has 0 saturated carbocycles. The summed E-state index contributed by atoms with van der Waals surface area (Å²) < 4.78 is 5.15. The van der Waals surface area contributed by atoms with Crippen molar-refractivity contribution in [3.63, 3.8) is 0 Å². The summed E-state index contributed by atoms with van der Waals surface area (Å²) >= 11 is 0. The summed E-state index contributed by atoms with van der Waals surface area (Å²) in [5, 5.41) is 5.48. The molecule has 0 aliphatic carbocycles. The van der Waals surface area contributed by atoms with E-state index in [0.29, 0.717) is 11.4 Å². The van der Waals surface area contributed by atoms with Crippen LogP contribution in [0.5, 0.6) is 5.75 Å². The summed E-state index contributed by atoms with van der Waals surface area (Å²) in [6.07, 6.45) is 3.14. The predicted octanol–water partition coefficient (Wildman–Crippen LogP) is 3.61. The molecule has 0 aliphatic heterocycles. The quantitative estimate of drug-likeness (QED) is 0.826.